The molecule has 0 heterocycles. The van der Waals surface area contributed by atoms with Crippen LogP contribution in [0.1, 0.15) is 0 Å². The zero-order chi connectivity index (χ0) is 4.83. The van der Waals surface area contributed by atoms with Crippen LogP contribution in [0.2, 0.25) is 0 Å². The Morgan fingerprint density at radius 3 is 2.50 bits per heavy atom. The van der Waals surface area contributed by atoms with E-state index in [1.54, 1.807) is 6.07 Å². The highest BCUT2D eigenvalue weighted by molar-refractivity contribution is 6.19. The fraction of sp³-hybridized carbons (Fsp3) is 0.250. The molecule has 0 aromatic heterocycles. The van der Waals surface area contributed by atoms with Crippen molar-refractivity contribution in [2.45, 2.75) is 0 Å². The first-order chi connectivity index (χ1) is 2.91. The lowest BCUT2D eigenvalue weighted by molar-refractivity contribution is 1.55. The molecule has 0 aliphatic heterocycles. The fourth-order valence-electron chi connectivity index (χ4n) is 0.0729. The molecule has 0 atom stereocenters. The Morgan fingerprint density at radius 2 is 2.33 bits per heavy atom. The van der Waals surface area contributed by atoms with Crippen molar-refractivity contribution in [3.8, 4) is 17.9 Å². The highest BCUT2D eigenvalue weighted by Crippen LogP contribution is 1.64. The summed E-state index contributed by atoms with van der Waals surface area (Å²) in [4.78, 5) is 0. The van der Waals surface area contributed by atoms with E-state index in [1.807, 2.05) is 0 Å². The van der Waals surface area contributed by atoms with Crippen molar-refractivity contribution < 1.29 is 0 Å². The summed E-state index contributed by atoms with van der Waals surface area (Å²) < 4.78 is 0. The summed E-state index contributed by atoms with van der Waals surface area (Å²) in [6, 6.07) is 1.62. The van der Waals surface area contributed by atoms with Crippen molar-refractivity contribution in [3.63, 3.8) is 0 Å². The molecule has 0 N–H and O–H groups in total. The molecular formula is C4H2ClN. The Balaban J connectivity index is 3.22. The zero-order valence-electron chi connectivity index (χ0n) is 3.03. The normalized spacial score (nSPS) is 4.67. The number of alkyl halides is 1. The lowest BCUT2D eigenvalue weighted by Gasteiger charge is -1.54. The molecule has 0 fully saturated rings. The van der Waals surface area contributed by atoms with E-state index >= 15 is 0 Å². The van der Waals surface area contributed by atoms with Gasteiger partial charge in [-0.2, -0.15) is 5.26 Å². The summed E-state index contributed by atoms with van der Waals surface area (Å²) in [5.41, 5.74) is 0. The first-order valence-corrected chi connectivity index (χ1v) is 1.88. The van der Waals surface area contributed by atoms with E-state index in [0.29, 0.717) is 0 Å². The molecule has 0 aliphatic rings. The lowest BCUT2D eigenvalue weighted by Crippen LogP contribution is -1.54. The largest absolute Gasteiger partial charge is 0.183 e. The van der Waals surface area contributed by atoms with Crippen LogP contribution in [-0.4, -0.2) is 5.88 Å². The van der Waals surface area contributed by atoms with Crippen LogP contribution in [0.5, 0.6) is 0 Å². The third-order valence-electron chi connectivity index (χ3n) is 0.211. The molecule has 2 heteroatoms. The van der Waals surface area contributed by atoms with Crippen LogP contribution in [0.3, 0.4) is 0 Å². The van der Waals surface area contributed by atoms with Crippen LogP contribution in [0.25, 0.3) is 0 Å². The molecule has 30 valence electrons. The summed E-state index contributed by atoms with van der Waals surface area (Å²) in [7, 11) is 0. The van der Waals surface area contributed by atoms with Gasteiger partial charge in [0.25, 0.3) is 0 Å². The highest BCUT2D eigenvalue weighted by atomic mass is 35.5. The van der Waals surface area contributed by atoms with E-state index in [9.17, 15) is 0 Å². The van der Waals surface area contributed by atoms with Gasteiger partial charge in [0.1, 0.15) is 0 Å². The maximum Gasteiger partial charge on any atom is 0.152 e. The second-order valence-electron chi connectivity index (χ2n) is 0.547. The van der Waals surface area contributed by atoms with Crippen molar-refractivity contribution in [1.82, 2.24) is 0 Å². The monoisotopic (exact) mass is 99.0 g/mol. The van der Waals surface area contributed by atoms with E-state index in [4.69, 9.17) is 16.9 Å². The molecule has 0 aliphatic carbocycles. The van der Waals surface area contributed by atoms with Crippen LogP contribution >= 0.6 is 11.6 Å². The highest BCUT2D eigenvalue weighted by Gasteiger charge is 1.55. The lowest BCUT2D eigenvalue weighted by atomic mass is 10.7. The predicted octanol–water partition coefficient (Wildman–Crippen LogP) is 0.752. The second kappa shape index (κ2) is 4.34. The van der Waals surface area contributed by atoms with E-state index in [2.05, 4.69) is 11.8 Å². The molecule has 0 saturated carbocycles. The fourth-order valence-corrected chi connectivity index (χ4v) is 0.140. The molecule has 0 spiro atoms. The third-order valence-corrected chi connectivity index (χ3v) is 0.345. The molecule has 0 unspecified atom stereocenters. The number of hydrogen-bond donors (Lipinski definition) is 0. The Hall–Kier alpha value is -0.660. The van der Waals surface area contributed by atoms with Crippen molar-refractivity contribution in [2.24, 2.45) is 0 Å². The quantitative estimate of drug-likeness (QED) is 0.325. The van der Waals surface area contributed by atoms with E-state index < -0.39 is 0 Å². The van der Waals surface area contributed by atoms with Gasteiger partial charge in [0.05, 0.1) is 5.88 Å². The van der Waals surface area contributed by atoms with Gasteiger partial charge < -0.3 is 0 Å². The summed E-state index contributed by atoms with van der Waals surface area (Å²) >= 11 is 5.06. The van der Waals surface area contributed by atoms with Crippen molar-refractivity contribution in [2.75, 3.05) is 5.88 Å². The number of rotatable bonds is 0. The minimum atomic E-state index is 0.244. The molecule has 0 amide bonds. The maximum absolute atomic E-state index is 7.72. The van der Waals surface area contributed by atoms with Gasteiger partial charge in [-0.15, -0.1) is 11.6 Å². The Morgan fingerprint density at radius 1 is 1.67 bits per heavy atom. The van der Waals surface area contributed by atoms with Crippen LogP contribution in [-0.2, 0) is 0 Å². The molecule has 6 heavy (non-hydrogen) atoms. The van der Waals surface area contributed by atoms with E-state index in [-0.39, 0.29) is 5.88 Å². The van der Waals surface area contributed by atoms with Gasteiger partial charge in [0.2, 0.25) is 0 Å². The van der Waals surface area contributed by atoms with Gasteiger partial charge in [0, 0.05) is 5.92 Å². The zero-order valence-corrected chi connectivity index (χ0v) is 3.79. The molecule has 0 saturated heterocycles. The van der Waals surface area contributed by atoms with Crippen LogP contribution in [0.15, 0.2) is 0 Å². The van der Waals surface area contributed by atoms with Gasteiger partial charge in [-0.1, -0.05) is 5.92 Å². The smallest absolute Gasteiger partial charge is 0.152 e. The van der Waals surface area contributed by atoms with Gasteiger partial charge in [0.15, 0.2) is 6.07 Å². The SMILES string of the molecule is N#CC#CCCl. The summed E-state index contributed by atoms with van der Waals surface area (Å²) in [6.07, 6.45) is 0. The molecule has 0 rings (SSSR count). The third kappa shape index (κ3) is 3.34. The average Bonchev–Trinajstić information content (AvgIpc) is 1.61. The molecule has 0 radical (unpaired) electrons. The standard InChI is InChI=1S/C4H2ClN/c5-3-1-2-4-6/h3H2. The summed E-state index contributed by atoms with van der Waals surface area (Å²) in [5, 5.41) is 7.72. The van der Waals surface area contributed by atoms with Gasteiger partial charge in [-0.25, -0.2) is 0 Å². The van der Waals surface area contributed by atoms with Crippen LogP contribution in [0.4, 0.5) is 0 Å². The molecule has 0 aromatic carbocycles. The van der Waals surface area contributed by atoms with Gasteiger partial charge >= 0.3 is 0 Å². The minimum Gasteiger partial charge on any atom is -0.183 e. The molecule has 0 aromatic rings. The van der Waals surface area contributed by atoms with Gasteiger partial charge in [-0.3, -0.25) is 0 Å². The molecule has 1 nitrogen and oxygen atoms in total. The Labute approximate surface area is 41.5 Å². The number of nitriles is 1. The summed E-state index contributed by atoms with van der Waals surface area (Å²) in [6.45, 7) is 0. The summed E-state index contributed by atoms with van der Waals surface area (Å²) in [5.74, 6) is 4.72. The predicted molar refractivity (Wildman–Crippen MR) is 24.1 cm³/mol. The average molecular weight is 99.5 g/mol. The minimum absolute atomic E-state index is 0.244. The Bertz CT molecular complexity index is 112. The number of halogens is 1. The topological polar surface area (TPSA) is 23.8 Å². The van der Waals surface area contributed by atoms with Crippen molar-refractivity contribution in [1.29, 1.82) is 5.26 Å². The second-order valence-corrected chi connectivity index (χ2v) is 0.814. The van der Waals surface area contributed by atoms with Crippen molar-refractivity contribution in [3.05, 3.63) is 0 Å². The van der Waals surface area contributed by atoms with Crippen LogP contribution in [0, 0.1) is 23.2 Å². The van der Waals surface area contributed by atoms with E-state index in [1.165, 1.54) is 0 Å². The van der Waals surface area contributed by atoms with E-state index in [0.717, 1.165) is 0 Å². The first-order valence-electron chi connectivity index (χ1n) is 1.34. The first kappa shape index (κ1) is 5.34. The molecular weight excluding hydrogens is 97.5 g/mol. The van der Waals surface area contributed by atoms with Crippen molar-refractivity contribution >= 4 is 11.6 Å². The van der Waals surface area contributed by atoms with Gasteiger partial charge in [-0.05, 0) is 0 Å². The number of nitrogens with zero attached hydrogens (tertiary/aromatic N) is 1. The molecule has 0 bridgehead atoms. The Kier molecular flexibility index (Phi) is 3.86. The number of hydrogen-bond acceptors (Lipinski definition) is 1. The maximum atomic E-state index is 7.72. The van der Waals surface area contributed by atoms with Crippen LogP contribution < -0.4 is 0 Å².